The smallest absolute Gasteiger partial charge is 0.126 e. The van der Waals surface area contributed by atoms with E-state index in [-0.39, 0.29) is 11.9 Å². The Balaban J connectivity index is 2.30. The molecule has 0 fully saturated rings. The van der Waals surface area contributed by atoms with E-state index in [1.54, 1.807) is 6.07 Å². The van der Waals surface area contributed by atoms with E-state index in [2.05, 4.69) is 26.3 Å². The van der Waals surface area contributed by atoms with E-state index < -0.39 is 0 Å². The molecule has 1 aromatic carbocycles. The molecule has 1 atom stereocenters. The van der Waals surface area contributed by atoms with Gasteiger partial charge >= 0.3 is 0 Å². The average Bonchev–Trinajstić information content (AvgIpc) is 2.72. The van der Waals surface area contributed by atoms with Gasteiger partial charge in [-0.2, -0.15) is 5.10 Å². The van der Waals surface area contributed by atoms with E-state index in [9.17, 15) is 4.39 Å². The van der Waals surface area contributed by atoms with Gasteiger partial charge in [0.15, 0.2) is 0 Å². The third-order valence-corrected chi connectivity index (χ3v) is 3.77. The molecule has 0 radical (unpaired) electrons. The van der Waals surface area contributed by atoms with Crippen molar-refractivity contribution in [3.63, 3.8) is 0 Å². The van der Waals surface area contributed by atoms with E-state index in [0.29, 0.717) is 12.0 Å². The van der Waals surface area contributed by atoms with Crippen LogP contribution in [0.15, 0.2) is 28.7 Å². The maximum Gasteiger partial charge on any atom is 0.126 e. The molecule has 1 aromatic heterocycles. The van der Waals surface area contributed by atoms with Gasteiger partial charge < -0.3 is 5.32 Å². The Morgan fingerprint density at radius 1 is 1.40 bits per heavy atom. The summed E-state index contributed by atoms with van der Waals surface area (Å²) in [6, 6.07) is 7.15. The topological polar surface area (TPSA) is 29.9 Å². The van der Waals surface area contributed by atoms with E-state index in [0.717, 1.165) is 22.4 Å². The van der Waals surface area contributed by atoms with Gasteiger partial charge in [-0.25, -0.2) is 4.39 Å². The number of likely N-dealkylation sites (N-methyl/N-ethyl adjacent to an activating group) is 1. The first-order chi connectivity index (χ1) is 9.51. The normalized spacial score (nSPS) is 12.7. The van der Waals surface area contributed by atoms with Crippen LogP contribution in [0.4, 0.5) is 4.39 Å². The number of rotatable bonds is 5. The van der Waals surface area contributed by atoms with Crippen LogP contribution in [-0.4, -0.2) is 16.3 Å². The second kappa shape index (κ2) is 6.50. The molecule has 0 saturated heterocycles. The predicted molar refractivity (Wildman–Crippen MR) is 82.2 cm³/mol. The summed E-state index contributed by atoms with van der Waals surface area (Å²) in [6.07, 6.45) is 0.595. The summed E-state index contributed by atoms with van der Waals surface area (Å²) in [4.78, 5) is 0. The Bertz CT molecular complexity index is 595. The molecule has 0 amide bonds. The third-order valence-electron chi connectivity index (χ3n) is 3.28. The molecule has 0 aliphatic carbocycles. The molecule has 20 heavy (non-hydrogen) atoms. The zero-order chi connectivity index (χ0) is 14.7. The Hall–Kier alpha value is -1.20. The van der Waals surface area contributed by atoms with Gasteiger partial charge in [-0.05, 0) is 49.7 Å². The van der Waals surface area contributed by atoms with Crippen molar-refractivity contribution < 1.29 is 4.39 Å². The summed E-state index contributed by atoms with van der Waals surface area (Å²) >= 11 is 3.40. The van der Waals surface area contributed by atoms with Crippen molar-refractivity contribution >= 4 is 15.9 Å². The fourth-order valence-electron chi connectivity index (χ4n) is 2.40. The Morgan fingerprint density at radius 3 is 2.75 bits per heavy atom. The summed E-state index contributed by atoms with van der Waals surface area (Å²) in [5.74, 6) is -0.171. The van der Waals surface area contributed by atoms with Crippen LogP contribution in [-0.2, 0) is 13.5 Å². The molecule has 0 spiro atoms. The van der Waals surface area contributed by atoms with Crippen molar-refractivity contribution in [2.75, 3.05) is 6.54 Å². The van der Waals surface area contributed by atoms with Crippen LogP contribution < -0.4 is 5.32 Å². The van der Waals surface area contributed by atoms with Crippen LogP contribution in [0, 0.1) is 12.7 Å². The monoisotopic (exact) mass is 339 g/mol. The molecule has 0 bridgehead atoms. The second-order valence-electron chi connectivity index (χ2n) is 4.88. The van der Waals surface area contributed by atoms with E-state index >= 15 is 0 Å². The van der Waals surface area contributed by atoms with Crippen LogP contribution in [0.2, 0.25) is 0 Å². The number of nitrogens with one attached hydrogen (secondary N) is 1. The van der Waals surface area contributed by atoms with Crippen molar-refractivity contribution in [1.82, 2.24) is 15.1 Å². The van der Waals surface area contributed by atoms with Crippen molar-refractivity contribution in [2.45, 2.75) is 26.3 Å². The minimum Gasteiger partial charge on any atom is -0.309 e. The minimum absolute atomic E-state index is 0.0509. The molecule has 0 aliphatic heterocycles. The number of aryl methyl sites for hydroxylation is 2. The SMILES string of the molecule is CCNC(Cc1cc(Br)ccc1F)c1cc(C)nn1C. The fourth-order valence-corrected chi connectivity index (χ4v) is 2.81. The lowest BCUT2D eigenvalue weighted by molar-refractivity contribution is 0.494. The lowest BCUT2D eigenvalue weighted by Crippen LogP contribution is -2.25. The lowest BCUT2D eigenvalue weighted by atomic mass is 10.0. The lowest BCUT2D eigenvalue weighted by Gasteiger charge is -2.18. The number of hydrogen-bond donors (Lipinski definition) is 1. The summed E-state index contributed by atoms with van der Waals surface area (Å²) in [6.45, 7) is 4.84. The van der Waals surface area contributed by atoms with Crippen LogP contribution >= 0.6 is 15.9 Å². The largest absolute Gasteiger partial charge is 0.309 e. The average molecular weight is 340 g/mol. The number of hydrogen-bond acceptors (Lipinski definition) is 2. The molecule has 1 heterocycles. The van der Waals surface area contributed by atoms with Crippen LogP contribution in [0.1, 0.15) is 29.9 Å². The van der Waals surface area contributed by atoms with E-state index in [1.165, 1.54) is 6.07 Å². The standard InChI is InChI=1S/C15H19BrFN3/c1-4-18-14(15-7-10(2)19-20(15)3)9-11-8-12(16)5-6-13(11)17/h5-8,14,18H,4,9H2,1-3H3. The molecule has 2 rings (SSSR count). The second-order valence-corrected chi connectivity index (χ2v) is 5.80. The van der Waals surface area contributed by atoms with Gasteiger partial charge in [0.05, 0.1) is 17.4 Å². The molecule has 1 unspecified atom stereocenters. The Morgan fingerprint density at radius 2 is 2.15 bits per heavy atom. The maximum atomic E-state index is 13.9. The zero-order valence-electron chi connectivity index (χ0n) is 12.0. The Kier molecular flexibility index (Phi) is 4.94. The quantitative estimate of drug-likeness (QED) is 0.903. The molecule has 2 aromatic rings. The molecule has 0 saturated carbocycles. The van der Waals surface area contributed by atoms with Gasteiger partial charge in [-0.3, -0.25) is 4.68 Å². The zero-order valence-corrected chi connectivity index (χ0v) is 13.5. The van der Waals surface area contributed by atoms with Crippen LogP contribution in [0.3, 0.4) is 0 Å². The molecule has 3 nitrogen and oxygen atoms in total. The molecule has 1 N–H and O–H groups in total. The number of benzene rings is 1. The summed E-state index contributed by atoms with van der Waals surface area (Å²) in [7, 11) is 1.92. The predicted octanol–water partition coefficient (Wildman–Crippen LogP) is 3.52. The van der Waals surface area contributed by atoms with Crippen molar-refractivity contribution in [2.24, 2.45) is 7.05 Å². The van der Waals surface area contributed by atoms with Crippen molar-refractivity contribution in [3.8, 4) is 0 Å². The Labute approximate surface area is 127 Å². The first-order valence-electron chi connectivity index (χ1n) is 6.69. The molecular formula is C15H19BrFN3. The van der Waals surface area contributed by atoms with E-state index in [4.69, 9.17) is 0 Å². The van der Waals surface area contributed by atoms with Gasteiger partial charge in [0.25, 0.3) is 0 Å². The highest BCUT2D eigenvalue weighted by Gasteiger charge is 2.17. The van der Waals surface area contributed by atoms with Gasteiger partial charge in [0.1, 0.15) is 5.82 Å². The fraction of sp³-hybridized carbons (Fsp3) is 0.400. The molecule has 108 valence electrons. The summed E-state index contributed by atoms with van der Waals surface area (Å²) in [5, 5.41) is 7.77. The minimum atomic E-state index is -0.171. The molecule has 5 heteroatoms. The number of nitrogens with zero attached hydrogens (tertiary/aromatic N) is 2. The van der Waals surface area contributed by atoms with Crippen molar-refractivity contribution in [3.05, 3.63) is 51.5 Å². The highest BCUT2D eigenvalue weighted by Crippen LogP contribution is 2.23. The summed E-state index contributed by atoms with van der Waals surface area (Å²) < 4.78 is 16.7. The van der Waals surface area contributed by atoms with E-state index in [1.807, 2.05) is 37.7 Å². The van der Waals surface area contributed by atoms with Gasteiger partial charge in [-0.1, -0.05) is 22.9 Å². The highest BCUT2D eigenvalue weighted by atomic mass is 79.9. The van der Waals surface area contributed by atoms with Gasteiger partial charge in [0.2, 0.25) is 0 Å². The third kappa shape index (κ3) is 3.46. The first-order valence-corrected chi connectivity index (χ1v) is 7.48. The maximum absolute atomic E-state index is 13.9. The number of halogens is 2. The van der Waals surface area contributed by atoms with Crippen LogP contribution in [0.25, 0.3) is 0 Å². The summed E-state index contributed by atoms with van der Waals surface area (Å²) in [5.41, 5.74) is 2.74. The first kappa shape index (κ1) is 15.2. The number of aromatic nitrogens is 2. The van der Waals surface area contributed by atoms with Crippen LogP contribution in [0.5, 0.6) is 0 Å². The van der Waals surface area contributed by atoms with Gasteiger partial charge in [0, 0.05) is 11.5 Å². The highest BCUT2D eigenvalue weighted by molar-refractivity contribution is 9.10. The van der Waals surface area contributed by atoms with Gasteiger partial charge in [-0.15, -0.1) is 0 Å². The van der Waals surface area contributed by atoms with Crippen molar-refractivity contribution in [1.29, 1.82) is 0 Å². The molecule has 0 aliphatic rings. The molecular weight excluding hydrogens is 321 g/mol.